The summed E-state index contributed by atoms with van der Waals surface area (Å²) in [7, 11) is 3.58. The van der Waals surface area contributed by atoms with Crippen molar-refractivity contribution in [2.75, 3.05) is 7.11 Å². The number of ether oxygens (including phenoxy) is 1. The maximum atomic E-state index is 5.20. The largest absolute Gasteiger partial charge is 0.497 e. The molecule has 0 unspecified atom stereocenters. The number of rotatable bonds is 3. The molecule has 0 atom stereocenters. The molecule has 7 nitrogen and oxygen atoms in total. The minimum absolute atomic E-state index is 0.726. The van der Waals surface area contributed by atoms with Gasteiger partial charge in [0.15, 0.2) is 5.82 Å². The third kappa shape index (κ3) is 2.18. The van der Waals surface area contributed by atoms with Crippen LogP contribution in [0.5, 0.6) is 5.75 Å². The Morgan fingerprint density at radius 2 is 1.79 bits per heavy atom. The smallest absolute Gasteiger partial charge is 0.235 e. The van der Waals surface area contributed by atoms with E-state index in [4.69, 9.17) is 9.84 Å². The Balaban J connectivity index is 1.84. The molecule has 0 radical (unpaired) electrons. The molecule has 0 aliphatic rings. The molecular formula is C16H16N6OS. The fraction of sp³-hybridized carbons (Fsp3) is 0.250. The van der Waals surface area contributed by atoms with E-state index in [1.807, 2.05) is 49.8 Å². The van der Waals surface area contributed by atoms with Crippen molar-refractivity contribution in [3.63, 3.8) is 0 Å². The number of benzene rings is 1. The van der Waals surface area contributed by atoms with Crippen molar-refractivity contribution in [1.82, 2.24) is 29.6 Å². The van der Waals surface area contributed by atoms with Gasteiger partial charge in [0, 0.05) is 18.3 Å². The summed E-state index contributed by atoms with van der Waals surface area (Å²) in [4.78, 5) is 0.762. The molecule has 0 fully saturated rings. The molecule has 4 rings (SSSR count). The summed E-state index contributed by atoms with van der Waals surface area (Å²) < 4.78 is 8.84. The van der Waals surface area contributed by atoms with Gasteiger partial charge in [-0.2, -0.15) is 14.7 Å². The van der Waals surface area contributed by atoms with E-state index in [-0.39, 0.29) is 0 Å². The van der Waals surface area contributed by atoms with Gasteiger partial charge in [0.2, 0.25) is 4.96 Å². The average Bonchev–Trinajstić information content (AvgIpc) is 3.22. The highest BCUT2D eigenvalue weighted by Crippen LogP contribution is 2.31. The van der Waals surface area contributed by atoms with Gasteiger partial charge in [0.1, 0.15) is 10.8 Å². The van der Waals surface area contributed by atoms with Crippen LogP contribution in [0.2, 0.25) is 0 Å². The standard InChI is InChI=1S/C16H16N6OS/c1-9-13(10(2)21(3)19-9)14-17-18-16-22(14)20-15(24-16)11-5-7-12(23-4)8-6-11/h5-8H,1-4H3. The highest BCUT2D eigenvalue weighted by atomic mass is 32.1. The lowest BCUT2D eigenvalue weighted by Crippen LogP contribution is -1.95. The second-order valence-corrected chi connectivity index (χ2v) is 6.48. The van der Waals surface area contributed by atoms with Gasteiger partial charge in [0.25, 0.3) is 0 Å². The first-order valence-corrected chi connectivity index (χ1v) is 8.27. The Morgan fingerprint density at radius 1 is 1.04 bits per heavy atom. The van der Waals surface area contributed by atoms with Crippen molar-refractivity contribution in [2.45, 2.75) is 13.8 Å². The maximum Gasteiger partial charge on any atom is 0.235 e. The second-order valence-electron chi connectivity index (χ2n) is 5.52. The van der Waals surface area contributed by atoms with E-state index in [2.05, 4.69) is 15.3 Å². The summed E-state index contributed by atoms with van der Waals surface area (Å²) in [5, 5.41) is 18.6. The van der Waals surface area contributed by atoms with Gasteiger partial charge >= 0.3 is 0 Å². The summed E-state index contributed by atoms with van der Waals surface area (Å²) in [6, 6.07) is 7.83. The molecule has 0 amide bonds. The fourth-order valence-electron chi connectivity index (χ4n) is 2.72. The van der Waals surface area contributed by atoms with Crippen LogP contribution >= 0.6 is 11.3 Å². The quantitative estimate of drug-likeness (QED) is 0.573. The van der Waals surface area contributed by atoms with Crippen molar-refractivity contribution in [1.29, 1.82) is 0 Å². The van der Waals surface area contributed by atoms with E-state index < -0.39 is 0 Å². The number of hydrogen-bond acceptors (Lipinski definition) is 6. The fourth-order valence-corrected chi connectivity index (χ4v) is 3.57. The lowest BCUT2D eigenvalue weighted by Gasteiger charge is -2.00. The zero-order valence-corrected chi connectivity index (χ0v) is 14.6. The molecule has 0 N–H and O–H groups in total. The number of methoxy groups -OCH3 is 1. The summed E-state index contributed by atoms with van der Waals surface area (Å²) in [5.74, 6) is 1.55. The number of fused-ring (bicyclic) bond motifs is 1. The molecule has 4 aromatic rings. The Bertz CT molecular complexity index is 1030. The highest BCUT2D eigenvalue weighted by molar-refractivity contribution is 7.19. The van der Waals surface area contributed by atoms with Gasteiger partial charge in [-0.05, 0) is 38.1 Å². The van der Waals surface area contributed by atoms with Crippen LogP contribution in [0.3, 0.4) is 0 Å². The van der Waals surface area contributed by atoms with Crippen LogP contribution in [-0.2, 0) is 7.05 Å². The first kappa shape index (κ1) is 14.8. The highest BCUT2D eigenvalue weighted by Gasteiger charge is 2.20. The molecule has 24 heavy (non-hydrogen) atoms. The Morgan fingerprint density at radius 3 is 2.42 bits per heavy atom. The second kappa shape index (κ2) is 5.41. The first-order chi connectivity index (χ1) is 11.6. The first-order valence-electron chi connectivity index (χ1n) is 7.45. The van der Waals surface area contributed by atoms with E-state index >= 15 is 0 Å². The van der Waals surface area contributed by atoms with Gasteiger partial charge in [-0.1, -0.05) is 11.3 Å². The molecule has 1 aromatic carbocycles. The van der Waals surface area contributed by atoms with Crippen molar-refractivity contribution < 1.29 is 4.74 Å². The van der Waals surface area contributed by atoms with E-state index in [1.165, 1.54) is 11.3 Å². The average molecular weight is 340 g/mol. The van der Waals surface area contributed by atoms with Gasteiger partial charge in [-0.25, -0.2) is 0 Å². The molecule has 0 spiro atoms. The molecule has 3 heterocycles. The van der Waals surface area contributed by atoms with Crippen LogP contribution in [0.15, 0.2) is 24.3 Å². The minimum atomic E-state index is 0.726. The monoisotopic (exact) mass is 340 g/mol. The Labute approximate surface area is 142 Å². The summed E-state index contributed by atoms with van der Waals surface area (Å²) in [6.07, 6.45) is 0. The lowest BCUT2D eigenvalue weighted by molar-refractivity contribution is 0.415. The van der Waals surface area contributed by atoms with Crippen LogP contribution in [0, 0.1) is 13.8 Å². The van der Waals surface area contributed by atoms with Gasteiger partial charge in [0.05, 0.1) is 18.4 Å². The van der Waals surface area contributed by atoms with E-state index in [9.17, 15) is 0 Å². The van der Waals surface area contributed by atoms with Crippen molar-refractivity contribution in [2.24, 2.45) is 7.05 Å². The third-order valence-corrected chi connectivity index (χ3v) is 5.01. The van der Waals surface area contributed by atoms with E-state index in [1.54, 1.807) is 11.6 Å². The zero-order chi connectivity index (χ0) is 16.8. The van der Waals surface area contributed by atoms with Crippen molar-refractivity contribution in [3.8, 4) is 27.7 Å². The van der Waals surface area contributed by atoms with Crippen LogP contribution < -0.4 is 4.74 Å². The van der Waals surface area contributed by atoms with Gasteiger partial charge in [-0.15, -0.1) is 10.2 Å². The van der Waals surface area contributed by atoms with Gasteiger partial charge < -0.3 is 4.74 Å². The minimum Gasteiger partial charge on any atom is -0.497 e. The summed E-state index contributed by atoms with van der Waals surface area (Å²) in [6.45, 7) is 3.99. The molecule has 0 aliphatic carbocycles. The number of aromatic nitrogens is 6. The molecule has 0 saturated carbocycles. The summed E-state index contributed by atoms with van der Waals surface area (Å²) in [5.41, 5.74) is 3.97. The zero-order valence-electron chi connectivity index (χ0n) is 13.8. The topological polar surface area (TPSA) is 70.1 Å². The normalized spacial score (nSPS) is 11.3. The molecular weight excluding hydrogens is 324 g/mol. The molecule has 0 saturated heterocycles. The Hall–Kier alpha value is -2.74. The van der Waals surface area contributed by atoms with Crippen LogP contribution in [-0.4, -0.2) is 36.7 Å². The van der Waals surface area contributed by atoms with Crippen LogP contribution in [0.1, 0.15) is 11.4 Å². The molecule has 3 aromatic heterocycles. The molecule has 0 bridgehead atoms. The third-order valence-electron chi connectivity index (χ3n) is 4.06. The maximum absolute atomic E-state index is 5.20. The molecule has 8 heteroatoms. The van der Waals surface area contributed by atoms with Gasteiger partial charge in [-0.3, -0.25) is 4.68 Å². The number of aryl methyl sites for hydroxylation is 2. The van der Waals surface area contributed by atoms with Crippen LogP contribution in [0.25, 0.3) is 26.9 Å². The molecule has 122 valence electrons. The van der Waals surface area contributed by atoms with E-state index in [0.717, 1.165) is 44.1 Å². The van der Waals surface area contributed by atoms with Crippen LogP contribution in [0.4, 0.5) is 0 Å². The summed E-state index contributed by atoms with van der Waals surface area (Å²) >= 11 is 1.51. The predicted molar refractivity (Wildman–Crippen MR) is 92.3 cm³/mol. The number of nitrogens with zero attached hydrogens (tertiary/aromatic N) is 6. The van der Waals surface area contributed by atoms with E-state index in [0.29, 0.717) is 0 Å². The number of hydrogen-bond donors (Lipinski definition) is 0. The predicted octanol–water partition coefficient (Wildman–Crippen LogP) is 2.88. The van der Waals surface area contributed by atoms with Crippen molar-refractivity contribution in [3.05, 3.63) is 35.7 Å². The lowest BCUT2D eigenvalue weighted by atomic mass is 10.2. The Kier molecular flexibility index (Phi) is 3.34. The SMILES string of the molecule is COc1ccc(-c2nn3c(-c4c(C)nn(C)c4C)nnc3s2)cc1. The molecule has 0 aliphatic heterocycles. The van der Waals surface area contributed by atoms with Crippen molar-refractivity contribution >= 4 is 16.3 Å².